The normalized spacial score (nSPS) is 14.2. The van der Waals surface area contributed by atoms with Gasteiger partial charge in [0.25, 0.3) is 0 Å². The molecule has 1 aromatic heterocycles. The summed E-state index contributed by atoms with van der Waals surface area (Å²) in [5.41, 5.74) is 14.7. The monoisotopic (exact) mass is 832 g/mol. The van der Waals surface area contributed by atoms with Crippen molar-refractivity contribution in [3.05, 3.63) is 29.5 Å². The Bertz CT molecular complexity index is 1490. The first-order chi connectivity index (χ1) is 28.6. The predicted octanol–water partition coefficient (Wildman–Crippen LogP) is 10.1. The van der Waals surface area contributed by atoms with Crippen LogP contribution in [0.2, 0.25) is 0 Å². The molecule has 1 unspecified atom stereocenters. The number of piperazine rings is 1. The largest absolute Gasteiger partial charge is 0.496 e. The van der Waals surface area contributed by atoms with E-state index in [0.29, 0.717) is 81.5 Å². The summed E-state index contributed by atoms with van der Waals surface area (Å²) in [6, 6.07) is 4.28. The number of nitrogens with two attached hydrogens (primary N) is 2. The van der Waals surface area contributed by atoms with Gasteiger partial charge < -0.3 is 31.7 Å². The Morgan fingerprint density at radius 2 is 1.44 bits per heavy atom. The molecule has 0 saturated carbocycles. The number of hydrogen-bond acceptors (Lipinski definition) is 10. The molecule has 59 heavy (non-hydrogen) atoms. The van der Waals surface area contributed by atoms with Crippen molar-refractivity contribution >= 4 is 35.3 Å². The second-order valence-corrected chi connectivity index (χ2v) is 16.1. The van der Waals surface area contributed by atoms with Crippen LogP contribution in [0.3, 0.4) is 0 Å². The van der Waals surface area contributed by atoms with E-state index in [1.165, 1.54) is 77.0 Å². The number of unbranched alkanes of at least 4 members (excludes halogenated alkanes) is 16. The SMILES string of the molecule is CCCCCCCCCCCCCCCCCC(=O)NCCCCC(N1CCN(c2ccc(CN=Cc3nc(N)nc(NCCCC)c3N)c(OC)c2)CC1)C(F)(F)F. The zero-order chi connectivity index (χ0) is 42.7. The Morgan fingerprint density at radius 1 is 0.831 bits per heavy atom. The lowest BCUT2D eigenvalue weighted by molar-refractivity contribution is -0.186. The highest BCUT2D eigenvalue weighted by atomic mass is 19.4. The van der Waals surface area contributed by atoms with E-state index in [-0.39, 0.29) is 18.3 Å². The van der Waals surface area contributed by atoms with E-state index in [1.807, 2.05) is 18.2 Å². The zero-order valence-electron chi connectivity index (χ0n) is 36.5. The van der Waals surface area contributed by atoms with E-state index in [4.69, 9.17) is 16.2 Å². The van der Waals surface area contributed by atoms with Crippen molar-refractivity contribution < 1.29 is 22.7 Å². The smallest absolute Gasteiger partial charge is 0.404 e. The summed E-state index contributed by atoms with van der Waals surface area (Å²) in [7, 11) is 1.59. The summed E-state index contributed by atoms with van der Waals surface area (Å²) < 4.78 is 48.4. The number of ether oxygens (including phenoxy) is 1. The topological polar surface area (TPSA) is 147 Å². The number of carbonyl (C=O) groups is 1. The molecule has 2 heterocycles. The molecule has 1 saturated heterocycles. The van der Waals surface area contributed by atoms with Crippen LogP contribution < -0.4 is 31.7 Å². The third-order valence-electron chi connectivity index (χ3n) is 11.3. The minimum Gasteiger partial charge on any atom is -0.496 e. The van der Waals surface area contributed by atoms with Crippen molar-refractivity contribution in [2.24, 2.45) is 4.99 Å². The highest BCUT2D eigenvalue weighted by Crippen LogP contribution is 2.32. The van der Waals surface area contributed by atoms with E-state index in [9.17, 15) is 18.0 Å². The van der Waals surface area contributed by atoms with E-state index in [1.54, 1.807) is 18.2 Å². The number of rotatable bonds is 31. The molecule has 1 fully saturated rings. The predicted molar refractivity (Wildman–Crippen MR) is 239 cm³/mol. The number of amides is 1. The number of aromatic nitrogens is 2. The number of nitrogen functional groups attached to an aromatic ring is 2. The average molecular weight is 832 g/mol. The number of benzene rings is 1. The Balaban J connectivity index is 1.32. The second-order valence-electron chi connectivity index (χ2n) is 16.1. The van der Waals surface area contributed by atoms with Gasteiger partial charge in [-0.25, -0.2) is 4.98 Å². The van der Waals surface area contributed by atoms with Crippen molar-refractivity contribution in [1.29, 1.82) is 0 Å². The Labute approximate surface area is 353 Å². The molecule has 0 radical (unpaired) electrons. The van der Waals surface area contributed by atoms with Crippen LogP contribution in [0.15, 0.2) is 23.2 Å². The Hall–Kier alpha value is -3.81. The molecule has 1 amide bonds. The molecule has 334 valence electrons. The highest BCUT2D eigenvalue weighted by Gasteiger charge is 2.43. The lowest BCUT2D eigenvalue weighted by Gasteiger charge is -2.41. The zero-order valence-corrected chi connectivity index (χ0v) is 36.5. The first-order valence-corrected chi connectivity index (χ1v) is 22.7. The first kappa shape index (κ1) is 49.6. The number of aliphatic imine (C=N–C) groups is 1. The van der Waals surface area contributed by atoms with Crippen LogP contribution >= 0.6 is 0 Å². The van der Waals surface area contributed by atoms with Gasteiger partial charge in [-0.3, -0.25) is 14.7 Å². The Morgan fingerprint density at radius 3 is 2.03 bits per heavy atom. The molecule has 1 atom stereocenters. The standard InChI is InChI=1S/C45H76F3N9O2/c1-4-6-8-9-10-11-12-13-14-15-16-17-18-19-20-24-41(58)52-28-22-21-23-40(45(46,47)48)57-31-29-56(30-32-57)37-26-25-36(39(33-37)59-3)34-51-35-38-42(49)43(53-27-7-5-2)55-44(50)54-38/h25-26,33,35,40H,4-24,27-32,34,49H2,1-3H3,(H,52,58)(H3,50,53,54,55). The van der Waals surface area contributed by atoms with Crippen molar-refractivity contribution in [2.75, 3.05) is 68.1 Å². The lowest BCUT2D eigenvalue weighted by atomic mass is 10.0. The summed E-state index contributed by atoms with van der Waals surface area (Å²) in [4.78, 5) is 28.9. The van der Waals surface area contributed by atoms with Crippen LogP contribution in [0.5, 0.6) is 5.75 Å². The van der Waals surface area contributed by atoms with Gasteiger partial charge in [-0.05, 0) is 38.2 Å². The third kappa shape index (κ3) is 19.4. The summed E-state index contributed by atoms with van der Waals surface area (Å²) >= 11 is 0. The van der Waals surface area contributed by atoms with Crippen molar-refractivity contribution in [2.45, 2.75) is 167 Å². The van der Waals surface area contributed by atoms with E-state index >= 15 is 0 Å². The molecular formula is C45H76F3N9O2. The molecular weight excluding hydrogens is 756 g/mol. The quantitative estimate of drug-likeness (QED) is 0.0431. The molecule has 0 spiro atoms. The van der Waals surface area contributed by atoms with Crippen LogP contribution in [0.4, 0.5) is 36.3 Å². The maximum absolute atomic E-state index is 14.2. The number of nitrogens with zero attached hydrogens (tertiary/aromatic N) is 5. The van der Waals surface area contributed by atoms with Crippen LogP contribution in [0.25, 0.3) is 0 Å². The molecule has 3 rings (SSSR count). The van der Waals surface area contributed by atoms with Crippen molar-refractivity contribution in [3.63, 3.8) is 0 Å². The Kier molecular flexibility index (Phi) is 24.0. The van der Waals surface area contributed by atoms with E-state index in [0.717, 1.165) is 49.9 Å². The maximum Gasteiger partial charge on any atom is 0.404 e. The molecule has 1 aliphatic rings. The molecule has 0 bridgehead atoms. The molecule has 0 aliphatic carbocycles. The minimum atomic E-state index is -4.32. The van der Waals surface area contributed by atoms with Gasteiger partial charge in [0.2, 0.25) is 11.9 Å². The molecule has 14 heteroatoms. The number of halogens is 3. The molecule has 2 aromatic rings. The fourth-order valence-corrected chi connectivity index (χ4v) is 7.69. The van der Waals surface area contributed by atoms with E-state index < -0.39 is 12.2 Å². The molecule has 1 aliphatic heterocycles. The molecule has 1 aromatic carbocycles. The number of carbonyl (C=O) groups excluding carboxylic acids is 1. The number of alkyl halides is 3. The number of hydrogen-bond donors (Lipinski definition) is 4. The first-order valence-electron chi connectivity index (χ1n) is 22.7. The minimum absolute atomic E-state index is 0.00277. The van der Waals surface area contributed by atoms with Gasteiger partial charge in [-0.2, -0.15) is 18.2 Å². The summed E-state index contributed by atoms with van der Waals surface area (Å²) in [5, 5.41) is 6.11. The van der Waals surface area contributed by atoms with Gasteiger partial charge >= 0.3 is 6.18 Å². The van der Waals surface area contributed by atoms with Gasteiger partial charge in [0.1, 0.15) is 23.2 Å². The van der Waals surface area contributed by atoms with Gasteiger partial charge in [0.15, 0.2) is 5.82 Å². The summed E-state index contributed by atoms with van der Waals surface area (Å²) in [5.74, 6) is 1.22. The van der Waals surface area contributed by atoms with Gasteiger partial charge in [-0.15, -0.1) is 0 Å². The third-order valence-corrected chi connectivity index (χ3v) is 11.3. The number of nitrogens with one attached hydrogen (secondary N) is 2. The average Bonchev–Trinajstić information content (AvgIpc) is 3.22. The fraction of sp³-hybridized carbons (Fsp3) is 0.733. The summed E-state index contributed by atoms with van der Waals surface area (Å²) in [6.45, 7) is 7.32. The molecule has 11 nitrogen and oxygen atoms in total. The van der Waals surface area contributed by atoms with Gasteiger partial charge in [-0.1, -0.05) is 116 Å². The lowest BCUT2D eigenvalue weighted by Crippen LogP contribution is -2.54. The second kappa shape index (κ2) is 28.6. The van der Waals surface area contributed by atoms with Gasteiger partial charge in [0, 0.05) is 69.2 Å². The number of anilines is 4. The number of methoxy groups -OCH3 is 1. The maximum atomic E-state index is 14.2. The van der Waals surface area contributed by atoms with Crippen molar-refractivity contribution in [3.8, 4) is 5.75 Å². The van der Waals surface area contributed by atoms with Crippen LogP contribution in [-0.2, 0) is 11.3 Å². The fourth-order valence-electron chi connectivity index (χ4n) is 7.69. The van der Waals surface area contributed by atoms with Crippen LogP contribution in [0, 0.1) is 0 Å². The molecule has 6 N–H and O–H groups in total. The van der Waals surface area contributed by atoms with Crippen LogP contribution in [-0.4, -0.2) is 85.6 Å². The van der Waals surface area contributed by atoms with Crippen molar-refractivity contribution in [1.82, 2.24) is 20.2 Å². The van der Waals surface area contributed by atoms with Gasteiger partial charge in [0.05, 0.1) is 13.7 Å². The highest BCUT2D eigenvalue weighted by molar-refractivity contribution is 5.89. The van der Waals surface area contributed by atoms with Crippen LogP contribution in [0.1, 0.15) is 160 Å². The van der Waals surface area contributed by atoms with E-state index in [2.05, 4.69) is 44.3 Å². The summed E-state index contributed by atoms with van der Waals surface area (Å²) in [6.07, 6.45) is 19.9.